The highest BCUT2D eigenvalue weighted by atomic mass is 15.1. The first-order valence-corrected chi connectivity index (χ1v) is 20.5. The zero-order valence-corrected chi connectivity index (χ0v) is 32.9. The summed E-state index contributed by atoms with van der Waals surface area (Å²) in [6, 6.07) is 84.6. The van der Waals surface area contributed by atoms with Crippen LogP contribution in [0.1, 0.15) is 0 Å². The van der Waals surface area contributed by atoms with Gasteiger partial charge in [0.15, 0.2) is 0 Å². The fourth-order valence-corrected chi connectivity index (χ4v) is 8.83. The van der Waals surface area contributed by atoms with Gasteiger partial charge < -0.3 is 4.90 Å². The van der Waals surface area contributed by atoms with E-state index in [9.17, 15) is 0 Å². The highest BCUT2D eigenvalue weighted by molar-refractivity contribution is 6.21. The van der Waals surface area contributed by atoms with Crippen molar-refractivity contribution < 1.29 is 0 Å². The molecule has 0 fully saturated rings. The Kier molecular flexibility index (Phi) is 8.83. The van der Waals surface area contributed by atoms with E-state index in [-0.39, 0.29) is 0 Å². The van der Waals surface area contributed by atoms with Crippen LogP contribution in [-0.4, -0.2) is 9.55 Å². The zero-order chi connectivity index (χ0) is 39.8. The quantitative estimate of drug-likeness (QED) is 0.144. The normalized spacial score (nSPS) is 11.3. The molecule has 11 rings (SSSR count). The molecule has 0 unspecified atom stereocenters. The summed E-state index contributed by atoms with van der Waals surface area (Å²) >= 11 is 0. The van der Waals surface area contributed by atoms with Crippen LogP contribution < -0.4 is 4.90 Å². The molecule has 60 heavy (non-hydrogen) atoms. The van der Waals surface area contributed by atoms with Crippen LogP contribution in [0.5, 0.6) is 0 Å². The summed E-state index contributed by atoms with van der Waals surface area (Å²) in [5, 5.41) is 4.96. The summed E-state index contributed by atoms with van der Waals surface area (Å²) in [7, 11) is 0. The second kappa shape index (κ2) is 15.1. The summed E-state index contributed by atoms with van der Waals surface area (Å²) < 4.78 is 2.25. The summed E-state index contributed by atoms with van der Waals surface area (Å²) in [5.74, 6) is 0.934. The zero-order valence-electron chi connectivity index (χ0n) is 32.9. The number of benzene rings is 10. The van der Waals surface area contributed by atoms with E-state index in [1.165, 1.54) is 54.9 Å². The maximum Gasteiger partial charge on any atom is 0.145 e. The standard InChI is InChI=1S/C57H39N3/c1-4-16-45(17-5-1)59(46-18-6-2-7-19-46)48-38-36-43(37-39-48)56-51-24-12-10-22-49(51)55(50-23-11-13-25-52(50)56)42-32-28-40(29-33-42)41-30-34-44(35-31-41)57-58-53-26-14-15-27-54(53)60(57)47-20-8-3-9-21-47/h1-39H. The number of hydrogen-bond acceptors (Lipinski definition) is 2. The highest BCUT2D eigenvalue weighted by Crippen LogP contribution is 2.45. The minimum atomic E-state index is 0.934. The van der Waals surface area contributed by atoms with Crippen molar-refractivity contribution in [3.8, 4) is 50.5 Å². The topological polar surface area (TPSA) is 21.1 Å². The first-order chi connectivity index (χ1) is 29.8. The number of aromatic nitrogens is 2. The molecule has 0 radical (unpaired) electrons. The number of anilines is 3. The van der Waals surface area contributed by atoms with E-state index >= 15 is 0 Å². The highest BCUT2D eigenvalue weighted by Gasteiger charge is 2.19. The second-order valence-corrected chi connectivity index (χ2v) is 15.1. The van der Waals surface area contributed by atoms with Gasteiger partial charge in [0.25, 0.3) is 0 Å². The fraction of sp³-hybridized carbons (Fsp3) is 0. The van der Waals surface area contributed by atoms with Gasteiger partial charge >= 0.3 is 0 Å². The van der Waals surface area contributed by atoms with Crippen molar-refractivity contribution >= 4 is 49.6 Å². The van der Waals surface area contributed by atoms with Gasteiger partial charge in [-0.2, -0.15) is 0 Å². The van der Waals surface area contributed by atoms with Gasteiger partial charge in [-0.3, -0.25) is 4.57 Å². The van der Waals surface area contributed by atoms with Gasteiger partial charge in [0.05, 0.1) is 11.0 Å². The SMILES string of the molecule is c1ccc(N(c2ccccc2)c2ccc(-c3c4ccccc4c(-c4ccc(-c5ccc(-c6nc7ccccc7n6-c6ccccc6)cc5)cc4)c4ccccc34)cc2)cc1. The van der Waals surface area contributed by atoms with Crippen LogP contribution in [0, 0.1) is 0 Å². The third-order valence-corrected chi connectivity index (χ3v) is 11.6. The average Bonchev–Trinajstić information content (AvgIpc) is 3.72. The Morgan fingerprint density at radius 2 is 0.667 bits per heavy atom. The van der Waals surface area contributed by atoms with E-state index < -0.39 is 0 Å². The lowest BCUT2D eigenvalue weighted by Crippen LogP contribution is -2.09. The molecule has 0 aliphatic heterocycles. The first kappa shape index (κ1) is 35.2. The predicted molar refractivity (Wildman–Crippen MR) is 253 cm³/mol. The number of rotatable bonds is 8. The Labute approximate surface area is 349 Å². The molecule has 0 saturated carbocycles. The van der Waals surface area contributed by atoms with Crippen molar-refractivity contribution in [2.45, 2.75) is 0 Å². The Bertz CT molecular complexity index is 3170. The minimum Gasteiger partial charge on any atom is -0.311 e. The molecule has 3 heteroatoms. The Morgan fingerprint density at radius 3 is 1.17 bits per heavy atom. The van der Waals surface area contributed by atoms with Gasteiger partial charge in [-0.25, -0.2) is 4.98 Å². The lowest BCUT2D eigenvalue weighted by atomic mass is 9.85. The second-order valence-electron chi connectivity index (χ2n) is 15.1. The van der Waals surface area contributed by atoms with E-state index in [1.54, 1.807) is 0 Å². The lowest BCUT2D eigenvalue weighted by Gasteiger charge is -2.25. The molecular weight excluding hydrogens is 727 g/mol. The molecule has 0 saturated heterocycles. The van der Waals surface area contributed by atoms with Crippen LogP contribution >= 0.6 is 0 Å². The van der Waals surface area contributed by atoms with Gasteiger partial charge in [0.2, 0.25) is 0 Å². The summed E-state index contributed by atoms with van der Waals surface area (Å²) in [4.78, 5) is 7.39. The van der Waals surface area contributed by atoms with E-state index in [0.717, 1.165) is 45.2 Å². The molecular formula is C57H39N3. The molecule has 0 N–H and O–H groups in total. The Balaban J connectivity index is 0.956. The van der Waals surface area contributed by atoms with Gasteiger partial charge in [0.1, 0.15) is 5.82 Å². The monoisotopic (exact) mass is 765 g/mol. The molecule has 282 valence electrons. The summed E-state index contributed by atoms with van der Waals surface area (Å²) in [6.45, 7) is 0. The number of nitrogens with zero attached hydrogens (tertiary/aromatic N) is 3. The average molecular weight is 766 g/mol. The molecule has 11 aromatic rings. The van der Waals surface area contributed by atoms with Crippen LogP contribution in [0.4, 0.5) is 17.1 Å². The van der Waals surface area contributed by atoms with E-state index in [2.05, 4.69) is 240 Å². The number of fused-ring (bicyclic) bond motifs is 3. The van der Waals surface area contributed by atoms with Crippen molar-refractivity contribution in [3.63, 3.8) is 0 Å². The van der Waals surface area contributed by atoms with Crippen molar-refractivity contribution in [1.29, 1.82) is 0 Å². The van der Waals surface area contributed by atoms with Crippen molar-refractivity contribution in [2.75, 3.05) is 4.90 Å². The molecule has 10 aromatic carbocycles. The molecule has 0 spiro atoms. The fourth-order valence-electron chi connectivity index (χ4n) is 8.83. The van der Waals surface area contributed by atoms with E-state index in [1.807, 2.05) is 6.07 Å². The maximum atomic E-state index is 5.08. The molecule has 3 nitrogen and oxygen atoms in total. The van der Waals surface area contributed by atoms with Gasteiger partial charge in [-0.1, -0.05) is 176 Å². The van der Waals surface area contributed by atoms with Crippen molar-refractivity contribution in [1.82, 2.24) is 9.55 Å². The maximum absolute atomic E-state index is 5.08. The van der Waals surface area contributed by atoms with Crippen LogP contribution in [0.3, 0.4) is 0 Å². The van der Waals surface area contributed by atoms with Crippen LogP contribution in [-0.2, 0) is 0 Å². The molecule has 1 aromatic heterocycles. The van der Waals surface area contributed by atoms with Crippen LogP contribution in [0.25, 0.3) is 83.0 Å². The van der Waals surface area contributed by atoms with Crippen molar-refractivity contribution in [3.05, 3.63) is 237 Å². The molecule has 0 aliphatic carbocycles. The summed E-state index contributed by atoms with van der Waals surface area (Å²) in [5.41, 5.74) is 14.8. The number of hydrogen-bond donors (Lipinski definition) is 0. The Hall–Kier alpha value is -8.01. The van der Waals surface area contributed by atoms with Crippen LogP contribution in [0.2, 0.25) is 0 Å². The van der Waals surface area contributed by atoms with Gasteiger partial charge in [-0.15, -0.1) is 0 Å². The predicted octanol–water partition coefficient (Wildman–Crippen LogP) is 15.5. The number of imidazole rings is 1. The third-order valence-electron chi connectivity index (χ3n) is 11.6. The minimum absolute atomic E-state index is 0.934. The first-order valence-electron chi connectivity index (χ1n) is 20.5. The molecule has 0 aliphatic rings. The smallest absolute Gasteiger partial charge is 0.145 e. The molecule has 0 atom stereocenters. The van der Waals surface area contributed by atoms with Crippen molar-refractivity contribution in [2.24, 2.45) is 0 Å². The number of para-hydroxylation sites is 5. The summed E-state index contributed by atoms with van der Waals surface area (Å²) in [6.07, 6.45) is 0. The molecule has 0 amide bonds. The lowest BCUT2D eigenvalue weighted by molar-refractivity contribution is 1.10. The van der Waals surface area contributed by atoms with E-state index in [4.69, 9.17) is 4.98 Å². The Morgan fingerprint density at radius 1 is 0.300 bits per heavy atom. The largest absolute Gasteiger partial charge is 0.311 e. The molecule has 1 heterocycles. The van der Waals surface area contributed by atoms with Gasteiger partial charge in [-0.05, 0) is 116 Å². The van der Waals surface area contributed by atoms with Gasteiger partial charge in [0, 0.05) is 28.3 Å². The third kappa shape index (κ3) is 6.21. The van der Waals surface area contributed by atoms with E-state index in [0.29, 0.717) is 0 Å². The van der Waals surface area contributed by atoms with Crippen LogP contribution in [0.15, 0.2) is 237 Å². The molecule has 0 bridgehead atoms.